The van der Waals surface area contributed by atoms with Crippen LogP contribution in [0.2, 0.25) is 0 Å². The molecule has 1 amide bonds. The second-order valence-electron chi connectivity index (χ2n) is 5.57. The van der Waals surface area contributed by atoms with Crippen LogP contribution in [0.15, 0.2) is 18.3 Å². The quantitative estimate of drug-likeness (QED) is 0.770. The lowest BCUT2D eigenvalue weighted by Gasteiger charge is -2.23. The number of nitrogens with zero attached hydrogens (tertiary/aromatic N) is 1. The van der Waals surface area contributed by atoms with E-state index in [1.54, 1.807) is 12.3 Å². The van der Waals surface area contributed by atoms with Crippen LogP contribution in [0.5, 0.6) is 0 Å². The summed E-state index contributed by atoms with van der Waals surface area (Å²) in [7, 11) is 0. The van der Waals surface area contributed by atoms with E-state index in [2.05, 4.69) is 15.6 Å². The van der Waals surface area contributed by atoms with E-state index in [9.17, 15) is 4.79 Å². The van der Waals surface area contributed by atoms with E-state index in [0.717, 1.165) is 12.1 Å². The lowest BCUT2D eigenvalue weighted by Crippen LogP contribution is -2.42. The Balaban J connectivity index is 2.48. The van der Waals surface area contributed by atoms with Gasteiger partial charge >= 0.3 is 6.09 Å². The highest BCUT2D eigenvalue weighted by Crippen LogP contribution is 2.13. The molecule has 112 valence electrons. The van der Waals surface area contributed by atoms with Gasteiger partial charge in [0.05, 0.1) is 5.69 Å². The van der Waals surface area contributed by atoms with Gasteiger partial charge in [-0.2, -0.15) is 0 Å². The molecule has 1 atom stereocenters. The third kappa shape index (κ3) is 5.77. The van der Waals surface area contributed by atoms with Gasteiger partial charge in [-0.1, -0.05) is 6.92 Å². The summed E-state index contributed by atoms with van der Waals surface area (Å²) < 4.78 is 5.23. The van der Waals surface area contributed by atoms with Crippen LogP contribution < -0.4 is 16.4 Å². The van der Waals surface area contributed by atoms with Crippen LogP contribution in [-0.2, 0) is 4.74 Å². The van der Waals surface area contributed by atoms with Crippen LogP contribution in [0.25, 0.3) is 0 Å². The zero-order valence-corrected chi connectivity index (χ0v) is 12.6. The van der Waals surface area contributed by atoms with Crippen molar-refractivity contribution in [3.63, 3.8) is 0 Å². The number of aromatic nitrogens is 1. The molecule has 0 unspecified atom stereocenters. The highest BCUT2D eigenvalue weighted by atomic mass is 16.6. The van der Waals surface area contributed by atoms with Crippen LogP contribution >= 0.6 is 0 Å². The van der Waals surface area contributed by atoms with Gasteiger partial charge in [0.25, 0.3) is 0 Å². The van der Waals surface area contributed by atoms with Crippen molar-refractivity contribution in [3.05, 3.63) is 18.3 Å². The third-order valence-electron chi connectivity index (χ3n) is 2.59. The topological polar surface area (TPSA) is 89.3 Å². The molecular formula is C14H24N4O2. The fourth-order valence-electron chi connectivity index (χ4n) is 1.57. The molecule has 0 saturated carbocycles. The van der Waals surface area contributed by atoms with Crippen molar-refractivity contribution in [2.24, 2.45) is 0 Å². The van der Waals surface area contributed by atoms with Gasteiger partial charge in [-0.05, 0) is 39.3 Å². The lowest BCUT2D eigenvalue weighted by molar-refractivity contribution is 0.0506. The second kappa shape index (κ2) is 6.98. The van der Waals surface area contributed by atoms with E-state index in [-0.39, 0.29) is 6.04 Å². The average Bonchev–Trinajstić information content (AvgIpc) is 2.34. The molecule has 0 aliphatic rings. The SMILES string of the molecule is CC[C@@H](CNc1cccnc1N)NC(=O)OC(C)(C)C. The smallest absolute Gasteiger partial charge is 0.407 e. The number of nitrogens with one attached hydrogen (secondary N) is 2. The lowest BCUT2D eigenvalue weighted by atomic mass is 10.2. The van der Waals surface area contributed by atoms with Crippen LogP contribution in [-0.4, -0.2) is 29.3 Å². The molecule has 0 saturated heterocycles. The van der Waals surface area contributed by atoms with Crippen molar-refractivity contribution in [2.75, 3.05) is 17.6 Å². The van der Waals surface area contributed by atoms with Crippen molar-refractivity contribution in [1.82, 2.24) is 10.3 Å². The number of pyridine rings is 1. The van der Waals surface area contributed by atoms with Crippen LogP contribution in [0.4, 0.5) is 16.3 Å². The summed E-state index contributed by atoms with van der Waals surface area (Å²) in [6.07, 6.45) is 2.01. The Hall–Kier alpha value is -1.98. The van der Waals surface area contributed by atoms with Crippen molar-refractivity contribution in [1.29, 1.82) is 0 Å². The Morgan fingerprint density at radius 2 is 2.20 bits per heavy atom. The van der Waals surface area contributed by atoms with Gasteiger partial charge in [-0.15, -0.1) is 0 Å². The van der Waals surface area contributed by atoms with Gasteiger partial charge in [-0.3, -0.25) is 0 Å². The van der Waals surface area contributed by atoms with E-state index < -0.39 is 11.7 Å². The number of carbonyl (C=O) groups excluding carboxylic acids is 1. The number of ether oxygens (including phenoxy) is 1. The zero-order valence-electron chi connectivity index (χ0n) is 12.6. The minimum atomic E-state index is -0.496. The number of hydrogen-bond acceptors (Lipinski definition) is 5. The first-order valence-electron chi connectivity index (χ1n) is 6.75. The summed E-state index contributed by atoms with van der Waals surface area (Å²) in [5.74, 6) is 0.444. The summed E-state index contributed by atoms with van der Waals surface area (Å²) in [6, 6.07) is 3.62. The molecule has 1 aromatic heterocycles. The molecule has 1 rings (SSSR count). The highest BCUT2D eigenvalue weighted by Gasteiger charge is 2.18. The average molecular weight is 280 g/mol. The molecule has 0 aliphatic carbocycles. The number of carbonyl (C=O) groups is 1. The minimum absolute atomic E-state index is 0.0375. The van der Waals surface area contributed by atoms with Crippen molar-refractivity contribution >= 4 is 17.6 Å². The van der Waals surface area contributed by atoms with E-state index >= 15 is 0 Å². The number of alkyl carbamates (subject to hydrolysis) is 1. The number of rotatable bonds is 5. The van der Waals surface area contributed by atoms with Crippen LogP contribution in [0.1, 0.15) is 34.1 Å². The van der Waals surface area contributed by atoms with Gasteiger partial charge in [-0.25, -0.2) is 9.78 Å². The number of amides is 1. The Kier molecular flexibility index (Phi) is 5.61. The number of nitrogens with two attached hydrogens (primary N) is 1. The van der Waals surface area contributed by atoms with Crippen molar-refractivity contribution in [3.8, 4) is 0 Å². The second-order valence-corrected chi connectivity index (χ2v) is 5.57. The molecule has 0 spiro atoms. The van der Waals surface area contributed by atoms with Gasteiger partial charge in [0, 0.05) is 18.8 Å². The molecule has 0 aliphatic heterocycles. The molecular weight excluding hydrogens is 256 g/mol. The normalized spacial score (nSPS) is 12.6. The standard InChI is InChI=1S/C14H24N4O2/c1-5-10(18-13(19)20-14(2,3)4)9-17-11-7-6-8-16-12(11)15/h6-8,10,17H,5,9H2,1-4H3,(H2,15,16)(H,18,19)/t10-/m0/s1. The van der Waals surface area contributed by atoms with Gasteiger partial charge in [0.1, 0.15) is 11.4 Å². The van der Waals surface area contributed by atoms with E-state index in [4.69, 9.17) is 10.5 Å². The Morgan fingerprint density at radius 3 is 2.75 bits per heavy atom. The van der Waals surface area contributed by atoms with Crippen molar-refractivity contribution < 1.29 is 9.53 Å². The predicted molar refractivity (Wildman–Crippen MR) is 80.6 cm³/mol. The number of nitrogen functional groups attached to an aromatic ring is 1. The van der Waals surface area contributed by atoms with Crippen LogP contribution in [0.3, 0.4) is 0 Å². The largest absolute Gasteiger partial charge is 0.444 e. The predicted octanol–water partition coefficient (Wildman–Crippen LogP) is 2.38. The Morgan fingerprint density at radius 1 is 1.50 bits per heavy atom. The first kappa shape index (κ1) is 16.1. The number of anilines is 2. The summed E-state index contributed by atoms with van der Waals surface area (Å²) in [6.45, 7) is 8.06. The highest BCUT2D eigenvalue weighted by molar-refractivity contribution is 5.68. The molecule has 6 heteroatoms. The van der Waals surface area contributed by atoms with Gasteiger partial charge in [0.15, 0.2) is 0 Å². The van der Waals surface area contributed by atoms with Crippen molar-refractivity contribution in [2.45, 2.75) is 45.8 Å². The maximum absolute atomic E-state index is 11.7. The van der Waals surface area contributed by atoms with E-state index in [1.807, 2.05) is 33.8 Å². The molecule has 0 fully saturated rings. The zero-order chi connectivity index (χ0) is 15.2. The molecule has 0 aromatic carbocycles. The van der Waals surface area contributed by atoms with Crippen LogP contribution in [0, 0.1) is 0 Å². The van der Waals surface area contributed by atoms with Gasteiger partial charge < -0.3 is 21.1 Å². The maximum Gasteiger partial charge on any atom is 0.407 e. The molecule has 1 aromatic rings. The summed E-state index contributed by atoms with van der Waals surface area (Å²) in [5, 5.41) is 6.00. The Labute approximate surface area is 120 Å². The summed E-state index contributed by atoms with van der Waals surface area (Å²) in [4.78, 5) is 15.7. The molecule has 1 heterocycles. The Bertz CT molecular complexity index is 443. The monoisotopic (exact) mass is 280 g/mol. The minimum Gasteiger partial charge on any atom is -0.444 e. The molecule has 6 nitrogen and oxygen atoms in total. The molecule has 0 bridgehead atoms. The van der Waals surface area contributed by atoms with E-state index in [0.29, 0.717) is 12.4 Å². The van der Waals surface area contributed by atoms with Gasteiger partial charge in [0.2, 0.25) is 0 Å². The third-order valence-corrected chi connectivity index (χ3v) is 2.59. The summed E-state index contributed by atoms with van der Waals surface area (Å²) in [5.41, 5.74) is 6.01. The molecule has 0 radical (unpaired) electrons. The molecule has 4 N–H and O–H groups in total. The summed E-state index contributed by atoms with van der Waals surface area (Å²) >= 11 is 0. The number of hydrogen-bond donors (Lipinski definition) is 3. The first-order chi connectivity index (χ1) is 9.31. The maximum atomic E-state index is 11.7. The fraction of sp³-hybridized carbons (Fsp3) is 0.571. The molecule has 20 heavy (non-hydrogen) atoms. The van der Waals surface area contributed by atoms with E-state index in [1.165, 1.54) is 0 Å². The first-order valence-corrected chi connectivity index (χ1v) is 6.75. The fourth-order valence-corrected chi connectivity index (χ4v) is 1.57.